The van der Waals surface area contributed by atoms with Crippen LogP contribution in [-0.4, -0.2) is 30.1 Å². The molecular formula is C23H27NO5. The molecule has 6 nitrogen and oxygen atoms in total. The normalized spacial score (nSPS) is 12.9. The average Bonchev–Trinajstić information content (AvgIpc) is 2.74. The van der Waals surface area contributed by atoms with E-state index in [1.807, 2.05) is 37.3 Å². The largest absolute Gasteiger partial charge is 0.493 e. The minimum atomic E-state index is -1.04. The first-order chi connectivity index (χ1) is 13.9. The number of aliphatic carboxylic acids is 1. The zero-order valence-electron chi connectivity index (χ0n) is 16.9. The number of nitrogens with one attached hydrogen (secondary N) is 1. The summed E-state index contributed by atoms with van der Waals surface area (Å²) < 4.78 is 11.2. The van der Waals surface area contributed by atoms with Crippen LogP contribution in [0.15, 0.2) is 54.6 Å². The molecule has 2 rings (SSSR count). The quantitative estimate of drug-likeness (QED) is 0.594. The van der Waals surface area contributed by atoms with Gasteiger partial charge in [-0.2, -0.15) is 0 Å². The number of rotatable bonds is 10. The zero-order chi connectivity index (χ0) is 21.2. The number of amides is 1. The molecule has 2 N–H and O–H groups in total. The van der Waals surface area contributed by atoms with Crippen LogP contribution in [0.25, 0.3) is 6.08 Å². The van der Waals surface area contributed by atoms with Crippen LogP contribution in [-0.2, 0) is 16.2 Å². The van der Waals surface area contributed by atoms with Crippen molar-refractivity contribution in [2.75, 3.05) is 7.11 Å². The molecule has 0 aliphatic carbocycles. The number of carboxylic acid groups (broad SMARTS) is 1. The third-order valence-electron chi connectivity index (χ3n) is 4.63. The molecule has 1 amide bonds. The van der Waals surface area contributed by atoms with Crippen molar-refractivity contribution in [2.24, 2.45) is 5.92 Å². The zero-order valence-corrected chi connectivity index (χ0v) is 16.9. The van der Waals surface area contributed by atoms with Gasteiger partial charge in [0.05, 0.1) is 7.11 Å². The van der Waals surface area contributed by atoms with E-state index in [1.165, 1.54) is 6.08 Å². The SMILES string of the molecule is CCC(C)C(NC(=O)/C=C/c1ccc(OCc2ccccc2)c(OC)c1)C(=O)O. The van der Waals surface area contributed by atoms with Crippen LogP contribution >= 0.6 is 0 Å². The van der Waals surface area contributed by atoms with Crippen LogP contribution in [0, 0.1) is 5.92 Å². The van der Waals surface area contributed by atoms with Crippen molar-refractivity contribution in [1.82, 2.24) is 5.32 Å². The molecule has 0 aromatic heterocycles. The molecule has 2 atom stereocenters. The van der Waals surface area contributed by atoms with Crippen molar-refractivity contribution < 1.29 is 24.2 Å². The molecule has 0 radical (unpaired) electrons. The Bertz CT molecular complexity index is 848. The van der Waals surface area contributed by atoms with Gasteiger partial charge >= 0.3 is 5.97 Å². The Hall–Kier alpha value is -3.28. The second-order valence-electron chi connectivity index (χ2n) is 6.73. The molecule has 0 spiro atoms. The van der Waals surface area contributed by atoms with Gasteiger partial charge in [0.15, 0.2) is 11.5 Å². The summed E-state index contributed by atoms with van der Waals surface area (Å²) in [6, 6.07) is 14.2. The summed E-state index contributed by atoms with van der Waals surface area (Å²) in [5.74, 6) is -0.512. The predicted octanol–water partition coefficient (Wildman–Crippen LogP) is 3.90. The third-order valence-corrected chi connectivity index (χ3v) is 4.63. The number of ether oxygens (including phenoxy) is 2. The lowest BCUT2D eigenvalue weighted by atomic mass is 9.99. The van der Waals surface area contributed by atoms with Crippen molar-refractivity contribution in [3.63, 3.8) is 0 Å². The van der Waals surface area contributed by atoms with E-state index in [0.717, 1.165) is 11.1 Å². The smallest absolute Gasteiger partial charge is 0.326 e. The number of carboxylic acids is 1. The van der Waals surface area contributed by atoms with E-state index in [4.69, 9.17) is 9.47 Å². The Labute approximate surface area is 171 Å². The fourth-order valence-corrected chi connectivity index (χ4v) is 2.70. The summed E-state index contributed by atoms with van der Waals surface area (Å²) in [5, 5.41) is 11.8. The van der Waals surface area contributed by atoms with Crippen molar-refractivity contribution in [2.45, 2.75) is 32.9 Å². The van der Waals surface area contributed by atoms with Gasteiger partial charge in [-0.1, -0.05) is 56.7 Å². The van der Waals surface area contributed by atoms with Gasteiger partial charge in [0.1, 0.15) is 12.6 Å². The first-order valence-electron chi connectivity index (χ1n) is 9.50. The highest BCUT2D eigenvalue weighted by Crippen LogP contribution is 2.29. The van der Waals surface area contributed by atoms with E-state index < -0.39 is 17.9 Å². The third kappa shape index (κ3) is 6.68. The number of methoxy groups -OCH3 is 1. The molecule has 0 saturated carbocycles. The van der Waals surface area contributed by atoms with Gasteiger partial charge in [-0.05, 0) is 35.3 Å². The van der Waals surface area contributed by atoms with E-state index in [0.29, 0.717) is 24.5 Å². The second kappa shape index (κ2) is 10.9. The Morgan fingerprint density at radius 3 is 2.48 bits per heavy atom. The summed E-state index contributed by atoms with van der Waals surface area (Å²) in [7, 11) is 1.55. The molecule has 154 valence electrons. The van der Waals surface area contributed by atoms with Gasteiger partial charge < -0.3 is 19.9 Å². The molecule has 29 heavy (non-hydrogen) atoms. The van der Waals surface area contributed by atoms with Crippen LogP contribution < -0.4 is 14.8 Å². The molecule has 2 aromatic carbocycles. The molecule has 0 heterocycles. The van der Waals surface area contributed by atoms with Crippen LogP contribution in [0.2, 0.25) is 0 Å². The van der Waals surface area contributed by atoms with E-state index in [-0.39, 0.29) is 5.92 Å². The Kier molecular flexibility index (Phi) is 8.27. The summed E-state index contributed by atoms with van der Waals surface area (Å²) >= 11 is 0. The van der Waals surface area contributed by atoms with Crippen LogP contribution in [0.5, 0.6) is 11.5 Å². The van der Waals surface area contributed by atoms with Crippen LogP contribution in [0.1, 0.15) is 31.4 Å². The van der Waals surface area contributed by atoms with Crippen molar-refractivity contribution in [1.29, 1.82) is 0 Å². The molecule has 2 aromatic rings. The van der Waals surface area contributed by atoms with E-state index in [1.54, 1.807) is 38.3 Å². The molecule has 0 aliphatic heterocycles. The van der Waals surface area contributed by atoms with Gasteiger partial charge in [-0.15, -0.1) is 0 Å². The maximum absolute atomic E-state index is 12.1. The fourth-order valence-electron chi connectivity index (χ4n) is 2.70. The standard InChI is InChI=1S/C23H27NO5/c1-4-16(2)22(23(26)27)24-21(25)13-11-17-10-12-19(20(14-17)28-3)29-15-18-8-6-5-7-9-18/h5-14,16,22H,4,15H2,1-3H3,(H,24,25)(H,26,27)/b13-11+. The monoisotopic (exact) mass is 397 g/mol. The summed E-state index contributed by atoms with van der Waals surface area (Å²) in [6.45, 7) is 4.10. The number of benzene rings is 2. The van der Waals surface area contributed by atoms with Crippen LogP contribution in [0.3, 0.4) is 0 Å². The highest BCUT2D eigenvalue weighted by molar-refractivity contribution is 5.94. The molecule has 0 fully saturated rings. The molecule has 2 unspecified atom stereocenters. The van der Waals surface area contributed by atoms with Gasteiger partial charge in [-0.25, -0.2) is 4.79 Å². The Morgan fingerprint density at radius 2 is 1.86 bits per heavy atom. The van der Waals surface area contributed by atoms with Gasteiger partial charge in [-0.3, -0.25) is 4.79 Å². The highest BCUT2D eigenvalue weighted by atomic mass is 16.5. The fraction of sp³-hybridized carbons (Fsp3) is 0.304. The van der Waals surface area contributed by atoms with Crippen molar-refractivity contribution in [3.8, 4) is 11.5 Å². The van der Waals surface area contributed by atoms with E-state index in [2.05, 4.69) is 5.32 Å². The minimum Gasteiger partial charge on any atom is -0.493 e. The second-order valence-corrected chi connectivity index (χ2v) is 6.73. The maximum atomic E-state index is 12.1. The van der Waals surface area contributed by atoms with Crippen molar-refractivity contribution >= 4 is 18.0 Å². The highest BCUT2D eigenvalue weighted by Gasteiger charge is 2.24. The lowest BCUT2D eigenvalue weighted by Gasteiger charge is -2.19. The number of carbonyl (C=O) groups excluding carboxylic acids is 1. The van der Waals surface area contributed by atoms with Gasteiger partial charge in [0.2, 0.25) is 5.91 Å². The van der Waals surface area contributed by atoms with E-state index >= 15 is 0 Å². The first-order valence-corrected chi connectivity index (χ1v) is 9.50. The Morgan fingerprint density at radius 1 is 1.14 bits per heavy atom. The summed E-state index contributed by atoms with van der Waals surface area (Å²) in [4.78, 5) is 23.4. The van der Waals surface area contributed by atoms with E-state index in [9.17, 15) is 14.7 Å². The van der Waals surface area contributed by atoms with Gasteiger partial charge in [0, 0.05) is 6.08 Å². The minimum absolute atomic E-state index is 0.161. The summed E-state index contributed by atoms with van der Waals surface area (Å²) in [5.41, 5.74) is 1.78. The van der Waals surface area contributed by atoms with Gasteiger partial charge in [0.25, 0.3) is 0 Å². The molecule has 6 heteroatoms. The predicted molar refractivity (Wildman–Crippen MR) is 112 cm³/mol. The number of hydrogen-bond acceptors (Lipinski definition) is 4. The first kappa shape index (κ1) is 22.0. The molecule has 0 bridgehead atoms. The number of carbonyl (C=O) groups is 2. The molecule has 0 aliphatic rings. The average molecular weight is 397 g/mol. The van der Waals surface area contributed by atoms with Crippen LogP contribution in [0.4, 0.5) is 0 Å². The lowest BCUT2D eigenvalue weighted by Crippen LogP contribution is -2.44. The Balaban J connectivity index is 2.03. The molecular weight excluding hydrogens is 370 g/mol. The number of hydrogen-bond donors (Lipinski definition) is 2. The maximum Gasteiger partial charge on any atom is 0.326 e. The lowest BCUT2D eigenvalue weighted by molar-refractivity contribution is -0.142. The van der Waals surface area contributed by atoms with Crippen molar-refractivity contribution in [3.05, 3.63) is 65.7 Å². The topological polar surface area (TPSA) is 84.9 Å². The molecule has 0 saturated heterocycles. The summed E-state index contributed by atoms with van der Waals surface area (Å²) in [6.07, 6.45) is 3.58.